The van der Waals surface area contributed by atoms with Crippen LogP contribution in [0.3, 0.4) is 0 Å². The Balaban J connectivity index is 3.17. The SMILES string of the molecule is CCC(CC)(CO)NS(=O)(=O)c1ccc(Cl)cc1N. The van der Waals surface area contributed by atoms with Gasteiger partial charge in [0, 0.05) is 5.02 Å². The summed E-state index contributed by atoms with van der Waals surface area (Å²) in [6.45, 7) is 3.35. The van der Waals surface area contributed by atoms with E-state index in [-0.39, 0.29) is 17.2 Å². The summed E-state index contributed by atoms with van der Waals surface area (Å²) < 4.78 is 27.2. The quantitative estimate of drug-likeness (QED) is 0.698. The van der Waals surface area contributed by atoms with E-state index in [1.807, 2.05) is 13.8 Å². The molecule has 0 unspecified atom stereocenters. The molecule has 0 saturated carbocycles. The Hall–Kier alpha value is -0.820. The van der Waals surface area contributed by atoms with Gasteiger partial charge in [-0.2, -0.15) is 0 Å². The van der Waals surface area contributed by atoms with Gasteiger partial charge in [0.1, 0.15) is 4.90 Å². The van der Waals surface area contributed by atoms with Crippen LogP contribution in [0.25, 0.3) is 0 Å². The molecule has 0 heterocycles. The number of hydrogen-bond donors (Lipinski definition) is 3. The maximum absolute atomic E-state index is 12.3. The minimum Gasteiger partial charge on any atom is -0.398 e. The van der Waals surface area contributed by atoms with E-state index in [1.165, 1.54) is 18.2 Å². The Labute approximate surface area is 118 Å². The van der Waals surface area contributed by atoms with Crippen LogP contribution in [-0.2, 0) is 10.0 Å². The Morgan fingerprint density at radius 3 is 2.37 bits per heavy atom. The molecule has 1 rings (SSSR count). The van der Waals surface area contributed by atoms with Gasteiger partial charge in [0.15, 0.2) is 0 Å². The summed E-state index contributed by atoms with van der Waals surface area (Å²) in [7, 11) is -3.80. The highest BCUT2D eigenvalue weighted by atomic mass is 35.5. The lowest BCUT2D eigenvalue weighted by Crippen LogP contribution is -2.50. The molecule has 0 bridgehead atoms. The molecule has 0 atom stereocenters. The second-order valence-corrected chi connectivity index (χ2v) is 6.52. The second-order valence-electron chi connectivity index (χ2n) is 4.43. The fourth-order valence-corrected chi connectivity index (χ4v) is 3.58. The number of aliphatic hydroxyl groups excluding tert-OH is 1. The lowest BCUT2D eigenvalue weighted by atomic mass is 9.96. The predicted molar refractivity (Wildman–Crippen MR) is 76.6 cm³/mol. The molecule has 0 radical (unpaired) electrons. The summed E-state index contributed by atoms with van der Waals surface area (Å²) in [4.78, 5) is -0.0309. The average molecular weight is 307 g/mol. The van der Waals surface area contributed by atoms with Crippen molar-refractivity contribution < 1.29 is 13.5 Å². The number of nitrogens with two attached hydrogens (primary N) is 1. The zero-order chi connectivity index (χ0) is 14.7. The number of hydrogen-bond acceptors (Lipinski definition) is 4. The molecule has 19 heavy (non-hydrogen) atoms. The Morgan fingerprint density at radius 1 is 1.37 bits per heavy atom. The van der Waals surface area contributed by atoms with Crippen molar-refractivity contribution in [2.24, 2.45) is 0 Å². The molecule has 1 aromatic carbocycles. The predicted octanol–water partition coefficient (Wildman–Crippen LogP) is 1.75. The molecule has 0 aromatic heterocycles. The van der Waals surface area contributed by atoms with Crippen LogP contribution in [0.4, 0.5) is 5.69 Å². The fraction of sp³-hybridized carbons (Fsp3) is 0.500. The zero-order valence-electron chi connectivity index (χ0n) is 11.0. The Kier molecular flexibility index (Phi) is 5.20. The van der Waals surface area contributed by atoms with E-state index in [9.17, 15) is 13.5 Å². The number of aliphatic hydroxyl groups is 1. The third-order valence-corrected chi connectivity index (χ3v) is 5.16. The smallest absolute Gasteiger partial charge is 0.243 e. The van der Waals surface area contributed by atoms with Crippen molar-refractivity contribution in [3.63, 3.8) is 0 Å². The average Bonchev–Trinajstić information content (AvgIpc) is 2.35. The van der Waals surface area contributed by atoms with Gasteiger partial charge >= 0.3 is 0 Å². The highest BCUT2D eigenvalue weighted by Gasteiger charge is 2.32. The molecule has 0 aliphatic heterocycles. The van der Waals surface area contributed by atoms with Gasteiger partial charge in [-0.3, -0.25) is 0 Å². The number of nitrogen functional groups attached to an aromatic ring is 1. The van der Waals surface area contributed by atoms with Crippen molar-refractivity contribution in [1.29, 1.82) is 0 Å². The molecule has 7 heteroatoms. The molecule has 0 amide bonds. The summed E-state index contributed by atoms with van der Waals surface area (Å²) >= 11 is 5.75. The molecule has 4 N–H and O–H groups in total. The summed E-state index contributed by atoms with van der Waals surface area (Å²) in [6, 6.07) is 4.20. The number of anilines is 1. The molecular weight excluding hydrogens is 288 g/mol. The lowest BCUT2D eigenvalue weighted by molar-refractivity contribution is 0.172. The van der Waals surface area contributed by atoms with E-state index in [1.54, 1.807) is 0 Å². The third-order valence-electron chi connectivity index (χ3n) is 3.27. The number of benzene rings is 1. The van der Waals surface area contributed by atoms with Gasteiger partial charge in [0.2, 0.25) is 10.0 Å². The van der Waals surface area contributed by atoms with Crippen LogP contribution in [0, 0.1) is 0 Å². The number of halogens is 1. The van der Waals surface area contributed by atoms with Crippen molar-refractivity contribution in [2.75, 3.05) is 12.3 Å². The van der Waals surface area contributed by atoms with E-state index >= 15 is 0 Å². The Bertz CT molecular complexity index is 534. The minimum absolute atomic E-state index is 0.0309. The summed E-state index contributed by atoms with van der Waals surface area (Å²) in [5.74, 6) is 0. The minimum atomic E-state index is -3.80. The van der Waals surface area contributed by atoms with Gasteiger partial charge in [0.05, 0.1) is 17.8 Å². The van der Waals surface area contributed by atoms with Crippen LogP contribution >= 0.6 is 11.6 Å². The standard InChI is InChI=1S/C12H19ClN2O3S/c1-3-12(4-2,8-16)15-19(17,18)11-6-5-9(13)7-10(11)14/h5-7,15-16H,3-4,8,14H2,1-2H3. The van der Waals surface area contributed by atoms with Gasteiger partial charge in [-0.15, -0.1) is 0 Å². The molecule has 0 aliphatic carbocycles. The van der Waals surface area contributed by atoms with Crippen molar-refractivity contribution >= 4 is 27.3 Å². The third kappa shape index (κ3) is 3.60. The van der Waals surface area contributed by atoms with Crippen molar-refractivity contribution in [3.05, 3.63) is 23.2 Å². The van der Waals surface area contributed by atoms with E-state index in [2.05, 4.69) is 4.72 Å². The first-order valence-electron chi connectivity index (χ1n) is 6.00. The first-order valence-corrected chi connectivity index (χ1v) is 7.86. The second kappa shape index (κ2) is 6.09. The van der Waals surface area contributed by atoms with Gasteiger partial charge in [-0.1, -0.05) is 25.4 Å². The largest absolute Gasteiger partial charge is 0.398 e. The summed E-state index contributed by atoms with van der Waals surface area (Å²) in [5, 5.41) is 9.79. The van der Waals surface area contributed by atoms with Crippen LogP contribution < -0.4 is 10.5 Å². The molecule has 0 saturated heterocycles. The first kappa shape index (κ1) is 16.2. The summed E-state index contributed by atoms with van der Waals surface area (Å²) in [6.07, 6.45) is 0.958. The van der Waals surface area contributed by atoms with E-state index < -0.39 is 15.6 Å². The molecule has 1 aromatic rings. The topological polar surface area (TPSA) is 92.4 Å². The van der Waals surface area contributed by atoms with Crippen LogP contribution in [0.15, 0.2) is 23.1 Å². The highest BCUT2D eigenvalue weighted by molar-refractivity contribution is 7.89. The molecule has 0 fully saturated rings. The van der Waals surface area contributed by atoms with Crippen LogP contribution in [0.1, 0.15) is 26.7 Å². The van der Waals surface area contributed by atoms with Crippen LogP contribution in [-0.4, -0.2) is 25.7 Å². The number of nitrogens with one attached hydrogen (secondary N) is 1. The summed E-state index contributed by atoms with van der Waals surface area (Å²) in [5.41, 5.74) is 4.90. The molecule has 108 valence electrons. The Morgan fingerprint density at radius 2 is 1.95 bits per heavy atom. The van der Waals surface area contributed by atoms with E-state index in [0.717, 1.165) is 0 Å². The van der Waals surface area contributed by atoms with Crippen molar-refractivity contribution in [1.82, 2.24) is 4.72 Å². The zero-order valence-corrected chi connectivity index (χ0v) is 12.6. The fourth-order valence-electron chi connectivity index (χ4n) is 1.75. The van der Waals surface area contributed by atoms with Gasteiger partial charge in [-0.05, 0) is 31.0 Å². The number of sulfonamides is 1. The van der Waals surface area contributed by atoms with Gasteiger partial charge < -0.3 is 10.8 Å². The lowest BCUT2D eigenvalue weighted by Gasteiger charge is -2.30. The van der Waals surface area contributed by atoms with E-state index in [4.69, 9.17) is 17.3 Å². The van der Waals surface area contributed by atoms with Crippen molar-refractivity contribution in [2.45, 2.75) is 37.1 Å². The van der Waals surface area contributed by atoms with Crippen LogP contribution in [0.5, 0.6) is 0 Å². The van der Waals surface area contributed by atoms with E-state index in [0.29, 0.717) is 17.9 Å². The van der Waals surface area contributed by atoms with Gasteiger partial charge in [0.25, 0.3) is 0 Å². The molecule has 0 aliphatic rings. The van der Waals surface area contributed by atoms with Crippen LogP contribution in [0.2, 0.25) is 5.02 Å². The van der Waals surface area contributed by atoms with Crippen molar-refractivity contribution in [3.8, 4) is 0 Å². The number of rotatable bonds is 6. The monoisotopic (exact) mass is 306 g/mol. The molecular formula is C12H19ClN2O3S. The molecule has 0 spiro atoms. The normalized spacial score (nSPS) is 12.6. The maximum Gasteiger partial charge on any atom is 0.243 e. The first-order chi connectivity index (χ1) is 8.80. The molecule has 5 nitrogen and oxygen atoms in total. The maximum atomic E-state index is 12.3. The highest BCUT2D eigenvalue weighted by Crippen LogP contribution is 2.25. The van der Waals surface area contributed by atoms with Gasteiger partial charge in [-0.25, -0.2) is 13.1 Å².